The Morgan fingerprint density at radius 3 is 2.25 bits per heavy atom. The molecule has 2 unspecified atom stereocenters. The van der Waals surface area contributed by atoms with Gasteiger partial charge in [0.2, 0.25) is 0 Å². The molecule has 0 saturated heterocycles. The van der Waals surface area contributed by atoms with Crippen molar-refractivity contribution in [2.24, 2.45) is 5.92 Å². The molecule has 2 rings (SSSR count). The van der Waals surface area contributed by atoms with Crippen molar-refractivity contribution in [3.05, 3.63) is 48.0 Å². The monoisotopic (exact) mass is 271 g/mol. The van der Waals surface area contributed by atoms with Crippen molar-refractivity contribution in [2.75, 3.05) is 20.6 Å². The van der Waals surface area contributed by atoms with Crippen molar-refractivity contribution < 1.29 is 5.11 Å². The molecule has 0 spiro atoms. The predicted octanol–water partition coefficient (Wildman–Crippen LogP) is 3.50. The van der Waals surface area contributed by atoms with Crippen LogP contribution in [0.3, 0.4) is 0 Å². The SMILES string of the molecule is CC(C)C(O)C(CN(C)C)c1ccc2ccccc2c1. The van der Waals surface area contributed by atoms with Crippen LogP contribution in [0.25, 0.3) is 10.8 Å². The van der Waals surface area contributed by atoms with Gasteiger partial charge in [-0.1, -0.05) is 56.3 Å². The number of likely N-dealkylation sites (N-methyl/N-ethyl adjacent to an activating group) is 1. The molecule has 108 valence electrons. The van der Waals surface area contributed by atoms with Crippen LogP contribution < -0.4 is 0 Å². The average molecular weight is 271 g/mol. The summed E-state index contributed by atoms with van der Waals surface area (Å²) in [6, 6.07) is 14.9. The van der Waals surface area contributed by atoms with E-state index in [0.717, 1.165) is 6.54 Å². The largest absolute Gasteiger partial charge is 0.392 e. The molecule has 0 saturated carbocycles. The first-order valence-corrected chi connectivity index (χ1v) is 7.30. The maximum atomic E-state index is 10.5. The maximum absolute atomic E-state index is 10.5. The molecule has 0 aliphatic heterocycles. The normalized spacial score (nSPS) is 14.9. The zero-order chi connectivity index (χ0) is 14.7. The van der Waals surface area contributed by atoms with E-state index in [2.05, 4.69) is 75.3 Å². The highest BCUT2D eigenvalue weighted by Crippen LogP contribution is 2.28. The molecule has 0 bridgehead atoms. The molecule has 0 aliphatic rings. The summed E-state index contributed by atoms with van der Waals surface area (Å²) in [7, 11) is 4.11. The van der Waals surface area contributed by atoms with E-state index in [4.69, 9.17) is 0 Å². The summed E-state index contributed by atoms with van der Waals surface area (Å²) in [5.74, 6) is 0.404. The van der Waals surface area contributed by atoms with Crippen LogP contribution in [-0.4, -0.2) is 36.8 Å². The molecule has 0 amide bonds. The minimum atomic E-state index is -0.321. The lowest BCUT2D eigenvalue weighted by Gasteiger charge is -2.29. The first kappa shape index (κ1) is 15.0. The number of nitrogens with zero attached hydrogens (tertiary/aromatic N) is 1. The van der Waals surface area contributed by atoms with Gasteiger partial charge in [-0.2, -0.15) is 0 Å². The molecule has 2 aromatic rings. The zero-order valence-electron chi connectivity index (χ0n) is 12.9. The van der Waals surface area contributed by atoms with E-state index in [1.54, 1.807) is 0 Å². The van der Waals surface area contributed by atoms with E-state index in [9.17, 15) is 5.11 Å². The van der Waals surface area contributed by atoms with E-state index >= 15 is 0 Å². The molecule has 2 nitrogen and oxygen atoms in total. The van der Waals surface area contributed by atoms with Crippen LogP contribution in [-0.2, 0) is 0 Å². The Morgan fingerprint density at radius 1 is 1.00 bits per heavy atom. The van der Waals surface area contributed by atoms with Gasteiger partial charge in [0.1, 0.15) is 0 Å². The molecule has 2 aromatic carbocycles. The van der Waals surface area contributed by atoms with Gasteiger partial charge in [0, 0.05) is 12.5 Å². The molecule has 0 fully saturated rings. The van der Waals surface area contributed by atoms with Crippen LogP contribution in [0.5, 0.6) is 0 Å². The first-order valence-electron chi connectivity index (χ1n) is 7.30. The quantitative estimate of drug-likeness (QED) is 0.899. The van der Waals surface area contributed by atoms with Crippen molar-refractivity contribution in [1.29, 1.82) is 0 Å². The Bertz CT molecular complexity index is 562. The van der Waals surface area contributed by atoms with E-state index in [-0.39, 0.29) is 17.9 Å². The van der Waals surface area contributed by atoms with Crippen LogP contribution >= 0.6 is 0 Å². The van der Waals surface area contributed by atoms with Gasteiger partial charge < -0.3 is 10.0 Å². The standard InChI is InChI=1S/C18H25NO/c1-13(2)18(20)17(12-19(3)4)16-10-9-14-7-5-6-8-15(14)11-16/h5-11,13,17-18,20H,12H2,1-4H3. The van der Waals surface area contributed by atoms with Crippen LogP contribution in [0.1, 0.15) is 25.3 Å². The molecule has 0 aliphatic carbocycles. The van der Waals surface area contributed by atoms with Gasteiger partial charge in [0.05, 0.1) is 6.10 Å². The highest BCUT2D eigenvalue weighted by Gasteiger charge is 2.24. The topological polar surface area (TPSA) is 23.5 Å². The molecule has 2 heteroatoms. The van der Waals surface area contributed by atoms with E-state index in [1.807, 2.05) is 0 Å². The van der Waals surface area contributed by atoms with Gasteiger partial charge in [-0.25, -0.2) is 0 Å². The molecule has 1 N–H and O–H groups in total. The van der Waals surface area contributed by atoms with Gasteiger partial charge in [-0.05, 0) is 36.3 Å². The van der Waals surface area contributed by atoms with Crippen molar-refractivity contribution in [2.45, 2.75) is 25.9 Å². The maximum Gasteiger partial charge on any atom is 0.0643 e. The van der Waals surface area contributed by atoms with E-state index in [0.29, 0.717) is 0 Å². The summed E-state index contributed by atoms with van der Waals surface area (Å²) in [6.45, 7) is 5.01. The van der Waals surface area contributed by atoms with Crippen LogP contribution in [0.4, 0.5) is 0 Å². The third kappa shape index (κ3) is 3.38. The fourth-order valence-corrected chi connectivity index (χ4v) is 2.71. The Morgan fingerprint density at radius 2 is 1.65 bits per heavy atom. The number of hydrogen-bond donors (Lipinski definition) is 1. The van der Waals surface area contributed by atoms with Crippen molar-refractivity contribution >= 4 is 10.8 Å². The second-order valence-corrected chi connectivity index (χ2v) is 6.21. The Balaban J connectivity index is 2.39. The number of fused-ring (bicyclic) bond motifs is 1. The summed E-state index contributed by atoms with van der Waals surface area (Å²) in [5, 5.41) is 13.0. The summed E-state index contributed by atoms with van der Waals surface area (Å²) in [5.41, 5.74) is 1.22. The number of hydrogen-bond acceptors (Lipinski definition) is 2. The third-order valence-electron chi connectivity index (χ3n) is 3.86. The number of benzene rings is 2. The number of aliphatic hydroxyl groups is 1. The highest BCUT2D eigenvalue weighted by atomic mass is 16.3. The lowest BCUT2D eigenvalue weighted by molar-refractivity contribution is 0.0848. The fraction of sp³-hybridized carbons (Fsp3) is 0.444. The Kier molecular flexibility index (Phi) is 4.79. The molecule has 0 radical (unpaired) electrons. The zero-order valence-corrected chi connectivity index (χ0v) is 12.9. The average Bonchev–Trinajstić information content (AvgIpc) is 2.43. The van der Waals surface area contributed by atoms with Gasteiger partial charge in [0.25, 0.3) is 0 Å². The van der Waals surface area contributed by atoms with E-state index < -0.39 is 0 Å². The number of rotatable bonds is 5. The van der Waals surface area contributed by atoms with Crippen LogP contribution in [0.15, 0.2) is 42.5 Å². The molecular formula is C18H25NO. The van der Waals surface area contributed by atoms with Crippen molar-refractivity contribution in [1.82, 2.24) is 4.90 Å². The highest BCUT2D eigenvalue weighted by molar-refractivity contribution is 5.83. The third-order valence-corrected chi connectivity index (χ3v) is 3.86. The van der Waals surface area contributed by atoms with Crippen LogP contribution in [0, 0.1) is 5.92 Å². The smallest absolute Gasteiger partial charge is 0.0643 e. The summed E-state index contributed by atoms with van der Waals surface area (Å²) >= 11 is 0. The van der Waals surface area contributed by atoms with Gasteiger partial charge in [0.15, 0.2) is 0 Å². The van der Waals surface area contributed by atoms with Gasteiger partial charge in [-0.3, -0.25) is 0 Å². The summed E-state index contributed by atoms with van der Waals surface area (Å²) in [4.78, 5) is 2.14. The second-order valence-electron chi connectivity index (χ2n) is 6.21. The van der Waals surface area contributed by atoms with E-state index in [1.165, 1.54) is 16.3 Å². The Labute approximate surface area is 122 Å². The van der Waals surface area contributed by atoms with Gasteiger partial charge in [-0.15, -0.1) is 0 Å². The predicted molar refractivity (Wildman–Crippen MR) is 86.1 cm³/mol. The summed E-state index contributed by atoms with van der Waals surface area (Å²) in [6.07, 6.45) is -0.321. The molecule has 0 aromatic heterocycles. The second kappa shape index (κ2) is 6.38. The molecular weight excluding hydrogens is 246 g/mol. The van der Waals surface area contributed by atoms with Crippen LogP contribution in [0.2, 0.25) is 0 Å². The van der Waals surface area contributed by atoms with Gasteiger partial charge >= 0.3 is 0 Å². The van der Waals surface area contributed by atoms with Crippen molar-refractivity contribution in [3.63, 3.8) is 0 Å². The molecule has 2 atom stereocenters. The lowest BCUT2D eigenvalue weighted by atomic mass is 9.86. The lowest BCUT2D eigenvalue weighted by Crippen LogP contribution is -2.32. The minimum Gasteiger partial charge on any atom is -0.392 e. The molecule has 0 heterocycles. The number of aliphatic hydroxyl groups excluding tert-OH is 1. The van der Waals surface area contributed by atoms with Crippen molar-refractivity contribution in [3.8, 4) is 0 Å². The molecule has 20 heavy (non-hydrogen) atoms. The minimum absolute atomic E-state index is 0.148. The Hall–Kier alpha value is -1.38. The first-order chi connectivity index (χ1) is 9.49. The summed E-state index contributed by atoms with van der Waals surface area (Å²) < 4.78 is 0. The fourth-order valence-electron chi connectivity index (χ4n) is 2.71.